The summed E-state index contributed by atoms with van der Waals surface area (Å²) < 4.78 is 18.0. The Labute approximate surface area is 149 Å². The van der Waals surface area contributed by atoms with Crippen LogP contribution in [0.3, 0.4) is 0 Å². The molecule has 0 spiro atoms. The second-order valence-corrected chi connectivity index (χ2v) is 22.2. The number of carbonyl (C=O) groups excluding carboxylic acids is 1. The van der Waals surface area contributed by atoms with E-state index in [2.05, 4.69) is 39.3 Å². The molecule has 0 bridgehead atoms. The average molecular weight is 385 g/mol. The van der Waals surface area contributed by atoms with Gasteiger partial charge in [0.25, 0.3) is 5.97 Å². The molecule has 1 aromatic rings. The van der Waals surface area contributed by atoms with Gasteiger partial charge in [0.2, 0.25) is 25.0 Å². The number of benzene rings is 1. The predicted molar refractivity (Wildman–Crippen MR) is 108 cm³/mol. The second-order valence-electron chi connectivity index (χ2n) is 8.92. The Hall–Kier alpha value is -1.06. The Morgan fingerprint density at radius 2 is 1.21 bits per heavy atom. The minimum Gasteiger partial charge on any atom is -0.544 e. The molecule has 136 valence electrons. The Morgan fingerprint density at radius 1 is 0.792 bits per heavy atom. The molecular formula is C17H32O4Si3. The summed E-state index contributed by atoms with van der Waals surface area (Å²) in [5.41, 5.74) is 0.811. The van der Waals surface area contributed by atoms with Crippen molar-refractivity contribution in [3.63, 3.8) is 0 Å². The summed E-state index contributed by atoms with van der Waals surface area (Å²) in [6.45, 7) is 18.8. The highest BCUT2D eigenvalue weighted by Crippen LogP contribution is 2.33. The number of hydrogen-bond donors (Lipinski definition) is 0. The Bertz CT molecular complexity index is 547. The lowest BCUT2D eigenvalue weighted by Gasteiger charge is -2.26. The Morgan fingerprint density at radius 3 is 1.54 bits per heavy atom. The lowest BCUT2D eigenvalue weighted by molar-refractivity contribution is -0.134. The molecule has 0 heterocycles. The van der Waals surface area contributed by atoms with Gasteiger partial charge in [0, 0.05) is 5.56 Å². The molecule has 1 aromatic carbocycles. The zero-order chi connectivity index (χ0) is 18.8. The highest BCUT2D eigenvalue weighted by atomic mass is 28.4. The fourth-order valence-electron chi connectivity index (χ4n) is 2.09. The van der Waals surface area contributed by atoms with E-state index in [0.717, 1.165) is 17.1 Å². The van der Waals surface area contributed by atoms with Crippen LogP contribution in [0.1, 0.15) is 5.56 Å². The lowest BCUT2D eigenvalue weighted by atomic mass is 10.1. The first kappa shape index (κ1) is 21.0. The third kappa shape index (κ3) is 8.16. The first-order chi connectivity index (χ1) is 10.7. The SMILES string of the molecule is C[Si](C)(C)OC(=O)Cc1c(O[Si](C)(C)C)cccc1O[Si](C)(C)C. The van der Waals surface area contributed by atoms with Gasteiger partial charge in [-0.15, -0.1) is 0 Å². The Balaban J connectivity index is 3.21. The smallest absolute Gasteiger partial charge is 0.297 e. The third-order valence-electron chi connectivity index (χ3n) is 2.66. The lowest BCUT2D eigenvalue weighted by Crippen LogP contribution is -2.33. The van der Waals surface area contributed by atoms with E-state index in [-0.39, 0.29) is 12.4 Å². The van der Waals surface area contributed by atoms with Crippen LogP contribution in [-0.4, -0.2) is 30.9 Å². The van der Waals surface area contributed by atoms with E-state index >= 15 is 0 Å². The van der Waals surface area contributed by atoms with Crippen molar-refractivity contribution >= 4 is 30.9 Å². The van der Waals surface area contributed by atoms with Gasteiger partial charge in [-0.3, -0.25) is 4.79 Å². The molecule has 1 rings (SSSR count). The van der Waals surface area contributed by atoms with Crippen molar-refractivity contribution in [1.82, 2.24) is 0 Å². The maximum Gasteiger partial charge on any atom is 0.297 e. The summed E-state index contributed by atoms with van der Waals surface area (Å²) >= 11 is 0. The summed E-state index contributed by atoms with van der Waals surface area (Å²) in [5, 5.41) is 0. The number of hydrogen-bond acceptors (Lipinski definition) is 4. The molecule has 24 heavy (non-hydrogen) atoms. The van der Waals surface area contributed by atoms with E-state index in [1.54, 1.807) is 0 Å². The molecule has 0 aliphatic carbocycles. The first-order valence-corrected chi connectivity index (χ1v) is 18.6. The zero-order valence-corrected chi connectivity index (χ0v) is 19.6. The normalized spacial score (nSPS) is 12.7. The van der Waals surface area contributed by atoms with Crippen LogP contribution in [0.4, 0.5) is 0 Å². The van der Waals surface area contributed by atoms with E-state index in [1.807, 2.05) is 37.8 Å². The molecule has 0 aliphatic rings. The maximum atomic E-state index is 12.4. The van der Waals surface area contributed by atoms with Crippen molar-refractivity contribution < 1.29 is 18.1 Å². The van der Waals surface area contributed by atoms with Crippen molar-refractivity contribution in [2.24, 2.45) is 0 Å². The van der Waals surface area contributed by atoms with Gasteiger partial charge < -0.3 is 13.3 Å². The van der Waals surface area contributed by atoms with Crippen LogP contribution in [0.25, 0.3) is 0 Å². The number of rotatable bonds is 7. The average Bonchev–Trinajstić information content (AvgIpc) is 2.27. The molecule has 0 radical (unpaired) electrons. The highest BCUT2D eigenvalue weighted by Gasteiger charge is 2.26. The second kappa shape index (κ2) is 7.45. The summed E-state index contributed by atoms with van der Waals surface area (Å²) in [4.78, 5) is 12.4. The van der Waals surface area contributed by atoms with Crippen LogP contribution < -0.4 is 8.85 Å². The van der Waals surface area contributed by atoms with E-state index in [9.17, 15) is 4.79 Å². The largest absolute Gasteiger partial charge is 0.544 e. The van der Waals surface area contributed by atoms with Gasteiger partial charge in [-0.1, -0.05) is 6.07 Å². The predicted octanol–water partition coefficient (Wildman–Crippen LogP) is 5.03. The van der Waals surface area contributed by atoms with E-state index in [4.69, 9.17) is 13.3 Å². The topological polar surface area (TPSA) is 44.8 Å². The molecule has 0 fully saturated rings. The van der Waals surface area contributed by atoms with Crippen LogP contribution >= 0.6 is 0 Å². The van der Waals surface area contributed by atoms with Crippen LogP contribution in [0.15, 0.2) is 18.2 Å². The quantitative estimate of drug-likeness (QED) is 0.618. The monoisotopic (exact) mass is 384 g/mol. The summed E-state index contributed by atoms with van der Waals surface area (Å²) in [6, 6.07) is 5.78. The molecule has 7 heteroatoms. The van der Waals surface area contributed by atoms with Gasteiger partial charge in [0.1, 0.15) is 11.5 Å². The van der Waals surface area contributed by atoms with Crippen LogP contribution in [0.2, 0.25) is 58.9 Å². The minimum atomic E-state index is -1.92. The number of carbonyl (C=O) groups is 1. The van der Waals surface area contributed by atoms with Crippen molar-refractivity contribution in [1.29, 1.82) is 0 Å². The van der Waals surface area contributed by atoms with Gasteiger partial charge in [-0.2, -0.15) is 0 Å². The maximum absolute atomic E-state index is 12.4. The van der Waals surface area contributed by atoms with Gasteiger partial charge in [0.15, 0.2) is 0 Å². The molecule has 0 amide bonds. The van der Waals surface area contributed by atoms with Crippen LogP contribution in [0, 0.1) is 0 Å². The molecule has 0 saturated heterocycles. The third-order valence-corrected chi connectivity index (χ3v) is 5.17. The van der Waals surface area contributed by atoms with Crippen molar-refractivity contribution in [3.8, 4) is 11.5 Å². The van der Waals surface area contributed by atoms with Crippen LogP contribution in [-0.2, 0) is 15.6 Å². The standard InChI is InChI=1S/C17H32O4Si3/c1-22(2,3)19-15-11-10-12-16(20-23(4,5)6)14(15)13-17(18)21-24(7,8)9/h10-12H,13H2,1-9H3. The summed E-state index contributed by atoms with van der Waals surface area (Å²) in [6.07, 6.45) is 0.185. The summed E-state index contributed by atoms with van der Waals surface area (Å²) in [7, 11) is -5.51. The molecular weight excluding hydrogens is 352 g/mol. The van der Waals surface area contributed by atoms with Gasteiger partial charge in [-0.05, 0) is 71.1 Å². The molecule has 4 nitrogen and oxygen atoms in total. The Kier molecular flexibility index (Phi) is 6.51. The van der Waals surface area contributed by atoms with Gasteiger partial charge in [-0.25, -0.2) is 0 Å². The molecule has 0 unspecified atom stereocenters. The highest BCUT2D eigenvalue weighted by molar-refractivity contribution is 6.71. The fourth-order valence-corrected chi connectivity index (χ4v) is 4.55. The summed E-state index contributed by atoms with van der Waals surface area (Å²) in [5.74, 6) is 1.29. The van der Waals surface area contributed by atoms with Crippen LogP contribution in [0.5, 0.6) is 11.5 Å². The molecule has 0 saturated carbocycles. The molecule has 0 aromatic heterocycles. The fraction of sp³-hybridized carbons (Fsp3) is 0.588. The first-order valence-electron chi connectivity index (χ1n) is 8.38. The minimum absolute atomic E-state index is 0.185. The van der Waals surface area contributed by atoms with Crippen molar-refractivity contribution in [2.75, 3.05) is 0 Å². The van der Waals surface area contributed by atoms with Crippen molar-refractivity contribution in [2.45, 2.75) is 65.3 Å². The molecule has 0 aliphatic heterocycles. The van der Waals surface area contributed by atoms with Crippen molar-refractivity contribution in [3.05, 3.63) is 23.8 Å². The van der Waals surface area contributed by atoms with E-state index < -0.39 is 25.0 Å². The van der Waals surface area contributed by atoms with Gasteiger partial charge in [0.05, 0.1) is 6.42 Å². The van der Waals surface area contributed by atoms with E-state index in [0.29, 0.717) is 0 Å². The zero-order valence-electron chi connectivity index (χ0n) is 16.6. The van der Waals surface area contributed by atoms with E-state index in [1.165, 1.54) is 0 Å². The molecule has 0 N–H and O–H groups in total. The van der Waals surface area contributed by atoms with Gasteiger partial charge >= 0.3 is 0 Å². The molecule has 0 atom stereocenters.